The van der Waals surface area contributed by atoms with Crippen LogP contribution in [0.4, 0.5) is 5.82 Å². The molecule has 3 aromatic heterocycles. The first kappa shape index (κ1) is 10.1. The number of nitrogens with zero attached hydrogens (tertiary/aromatic N) is 6. The number of aryl methyl sites for hydroxylation is 1. The van der Waals surface area contributed by atoms with Gasteiger partial charge in [-0.05, 0) is 11.8 Å². The second kappa shape index (κ2) is 3.74. The van der Waals surface area contributed by atoms with E-state index in [-0.39, 0.29) is 0 Å². The van der Waals surface area contributed by atoms with Gasteiger partial charge < -0.3 is 14.7 Å². The fourth-order valence-corrected chi connectivity index (χ4v) is 2.29. The summed E-state index contributed by atoms with van der Waals surface area (Å²) >= 11 is 1.38. The largest absolute Gasteiger partial charge is 0.382 e. The van der Waals surface area contributed by atoms with Crippen molar-refractivity contribution in [3.8, 4) is 0 Å². The zero-order chi connectivity index (χ0) is 11.8. The minimum atomic E-state index is 0.445. The third kappa shape index (κ3) is 1.72. The lowest BCUT2D eigenvalue weighted by Gasteiger charge is -2.03. The summed E-state index contributed by atoms with van der Waals surface area (Å²) in [6.07, 6.45) is 6.89. The van der Waals surface area contributed by atoms with Crippen LogP contribution in [0.3, 0.4) is 0 Å². The van der Waals surface area contributed by atoms with E-state index in [9.17, 15) is 0 Å². The van der Waals surface area contributed by atoms with Gasteiger partial charge in [0.15, 0.2) is 10.8 Å². The monoisotopic (exact) mass is 247 g/mol. The van der Waals surface area contributed by atoms with Gasteiger partial charge in [-0.2, -0.15) is 0 Å². The molecule has 0 aliphatic heterocycles. The molecule has 0 amide bonds. The van der Waals surface area contributed by atoms with Crippen LogP contribution in [0.2, 0.25) is 0 Å². The molecule has 0 atom stereocenters. The van der Waals surface area contributed by atoms with Gasteiger partial charge >= 0.3 is 0 Å². The van der Waals surface area contributed by atoms with Gasteiger partial charge in [0.2, 0.25) is 0 Å². The number of hydrogen-bond acceptors (Lipinski definition) is 6. The Morgan fingerprint density at radius 2 is 2.29 bits per heavy atom. The highest BCUT2D eigenvalue weighted by atomic mass is 32.2. The van der Waals surface area contributed by atoms with Crippen molar-refractivity contribution in [3.05, 3.63) is 24.9 Å². The lowest BCUT2D eigenvalue weighted by Crippen LogP contribution is -1.98. The van der Waals surface area contributed by atoms with Crippen LogP contribution in [-0.4, -0.2) is 29.1 Å². The Balaban J connectivity index is 2.11. The predicted octanol–water partition coefficient (Wildman–Crippen LogP) is 0.591. The molecule has 8 heteroatoms. The molecule has 2 N–H and O–H groups in total. The smallest absolute Gasteiger partial charge is 0.197 e. The van der Waals surface area contributed by atoms with Crippen molar-refractivity contribution in [2.24, 2.45) is 7.05 Å². The number of aromatic nitrogens is 6. The fourth-order valence-electron chi connectivity index (χ4n) is 1.44. The normalized spacial score (nSPS) is 11.1. The molecule has 17 heavy (non-hydrogen) atoms. The van der Waals surface area contributed by atoms with Crippen LogP contribution < -0.4 is 5.73 Å². The maximum absolute atomic E-state index is 5.73. The third-order valence-electron chi connectivity index (χ3n) is 2.22. The van der Waals surface area contributed by atoms with E-state index < -0.39 is 0 Å². The maximum atomic E-state index is 5.73. The molecular weight excluding hydrogens is 238 g/mol. The summed E-state index contributed by atoms with van der Waals surface area (Å²) in [5, 5.41) is 9.26. The van der Waals surface area contributed by atoms with Crippen LogP contribution >= 0.6 is 11.8 Å². The Hall–Kier alpha value is -2.09. The Labute approximate surface area is 101 Å². The fraction of sp³-hybridized carbons (Fsp3) is 0.111. The molecule has 86 valence electrons. The summed E-state index contributed by atoms with van der Waals surface area (Å²) in [6, 6.07) is 0. The zero-order valence-corrected chi connectivity index (χ0v) is 9.79. The zero-order valence-electron chi connectivity index (χ0n) is 8.98. The Morgan fingerprint density at radius 1 is 1.41 bits per heavy atom. The predicted molar refractivity (Wildman–Crippen MR) is 62.5 cm³/mol. The van der Waals surface area contributed by atoms with Gasteiger partial charge in [-0.15, -0.1) is 10.2 Å². The number of rotatable bonds is 2. The van der Waals surface area contributed by atoms with Crippen molar-refractivity contribution in [1.82, 2.24) is 29.1 Å². The molecule has 0 radical (unpaired) electrons. The van der Waals surface area contributed by atoms with Gasteiger partial charge in [0, 0.05) is 19.4 Å². The highest BCUT2D eigenvalue weighted by Gasteiger charge is 2.11. The molecule has 3 heterocycles. The van der Waals surface area contributed by atoms with Crippen molar-refractivity contribution < 1.29 is 0 Å². The Kier molecular flexibility index (Phi) is 2.22. The topological polar surface area (TPSA) is 86.9 Å². The van der Waals surface area contributed by atoms with Crippen LogP contribution in [0.1, 0.15) is 0 Å². The first-order chi connectivity index (χ1) is 8.24. The van der Waals surface area contributed by atoms with Gasteiger partial charge in [-0.25, -0.2) is 9.97 Å². The van der Waals surface area contributed by atoms with Crippen molar-refractivity contribution >= 4 is 23.2 Å². The summed E-state index contributed by atoms with van der Waals surface area (Å²) < 4.78 is 3.65. The molecule has 0 spiro atoms. The van der Waals surface area contributed by atoms with E-state index in [1.807, 2.05) is 22.2 Å². The number of fused-ring (bicyclic) bond motifs is 1. The van der Waals surface area contributed by atoms with Gasteiger partial charge in [0.25, 0.3) is 0 Å². The molecule has 0 aromatic carbocycles. The van der Waals surface area contributed by atoms with Crippen molar-refractivity contribution in [3.63, 3.8) is 0 Å². The van der Waals surface area contributed by atoms with Gasteiger partial charge in [0.05, 0.1) is 6.20 Å². The van der Waals surface area contributed by atoms with E-state index in [1.54, 1.807) is 18.7 Å². The van der Waals surface area contributed by atoms with Crippen molar-refractivity contribution in [2.75, 3.05) is 5.73 Å². The van der Waals surface area contributed by atoms with Crippen LogP contribution in [0.5, 0.6) is 0 Å². The lowest BCUT2D eigenvalue weighted by molar-refractivity contribution is 0.787. The second-order valence-corrected chi connectivity index (χ2v) is 4.41. The molecule has 0 bridgehead atoms. The first-order valence-corrected chi connectivity index (χ1v) is 5.67. The van der Waals surface area contributed by atoms with E-state index in [4.69, 9.17) is 5.73 Å². The van der Waals surface area contributed by atoms with Crippen LogP contribution in [0.25, 0.3) is 5.65 Å². The number of anilines is 1. The van der Waals surface area contributed by atoms with Gasteiger partial charge in [-0.1, -0.05) is 0 Å². The average molecular weight is 247 g/mol. The highest BCUT2D eigenvalue weighted by molar-refractivity contribution is 7.99. The summed E-state index contributed by atoms with van der Waals surface area (Å²) in [5.74, 6) is 0.445. The first-order valence-electron chi connectivity index (χ1n) is 4.85. The SMILES string of the molecule is Cn1cnnc1Sc1nc(N)cn2ccnc12. The number of hydrogen-bond donors (Lipinski definition) is 1. The van der Waals surface area contributed by atoms with Gasteiger partial charge in [-0.3, -0.25) is 0 Å². The summed E-state index contributed by atoms with van der Waals surface area (Å²) in [6.45, 7) is 0. The minimum Gasteiger partial charge on any atom is -0.382 e. The molecule has 0 saturated carbocycles. The van der Waals surface area contributed by atoms with E-state index in [0.29, 0.717) is 10.8 Å². The van der Waals surface area contributed by atoms with Crippen LogP contribution in [0.15, 0.2) is 35.1 Å². The van der Waals surface area contributed by atoms with E-state index in [1.165, 1.54) is 11.8 Å². The standard InChI is InChI=1S/C9H9N7S/c1-15-5-12-14-9(15)17-8-7-11-2-3-16(7)4-6(10)13-8/h2-5H,10H2,1H3. The number of nitrogens with two attached hydrogens (primary N) is 1. The van der Waals surface area contributed by atoms with Crippen LogP contribution in [-0.2, 0) is 7.05 Å². The Morgan fingerprint density at radius 3 is 3.06 bits per heavy atom. The minimum absolute atomic E-state index is 0.445. The molecule has 7 nitrogen and oxygen atoms in total. The van der Waals surface area contributed by atoms with Crippen molar-refractivity contribution in [2.45, 2.75) is 10.2 Å². The number of imidazole rings is 1. The molecule has 0 saturated heterocycles. The summed E-state index contributed by atoms with van der Waals surface area (Å²) in [5.41, 5.74) is 6.49. The molecule has 3 aromatic rings. The molecule has 0 aliphatic rings. The summed E-state index contributed by atoms with van der Waals surface area (Å²) in [4.78, 5) is 8.50. The highest BCUT2D eigenvalue weighted by Crippen LogP contribution is 2.27. The Bertz CT molecular complexity index is 671. The molecule has 0 unspecified atom stereocenters. The molecular formula is C9H9N7S. The van der Waals surface area contributed by atoms with Crippen LogP contribution in [0, 0.1) is 0 Å². The van der Waals surface area contributed by atoms with E-state index in [0.717, 1.165) is 10.8 Å². The molecule has 0 aliphatic carbocycles. The maximum Gasteiger partial charge on any atom is 0.197 e. The second-order valence-electron chi connectivity index (χ2n) is 3.46. The van der Waals surface area contributed by atoms with E-state index in [2.05, 4.69) is 20.2 Å². The third-order valence-corrected chi connectivity index (χ3v) is 3.24. The van der Waals surface area contributed by atoms with Crippen molar-refractivity contribution in [1.29, 1.82) is 0 Å². The molecule has 0 fully saturated rings. The van der Waals surface area contributed by atoms with Gasteiger partial charge in [0.1, 0.15) is 17.2 Å². The lowest BCUT2D eigenvalue weighted by atomic mass is 10.6. The molecule has 3 rings (SSSR count). The quantitative estimate of drug-likeness (QED) is 0.713. The van der Waals surface area contributed by atoms with E-state index >= 15 is 0 Å². The number of nitrogen functional groups attached to an aromatic ring is 1. The summed E-state index contributed by atoms with van der Waals surface area (Å²) in [7, 11) is 1.87. The average Bonchev–Trinajstić information content (AvgIpc) is 2.88.